The third-order valence-electron chi connectivity index (χ3n) is 3.11. The van der Waals surface area contributed by atoms with Gasteiger partial charge in [-0.1, -0.05) is 43.3 Å². The number of aromatic carboxylic acids is 1. The van der Waals surface area contributed by atoms with Crippen molar-refractivity contribution in [1.29, 1.82) is 0 Å². The normalized spacial score (nSPS) is 12.1. The van der Waals surface area contributed by atoms with Crippen LogP contribution in [0.2, 0.25) is 0 Å². The Labute approximate surface area is 106 Å². The molecule has 0 fully saturated rings. The second-order valence-corrected chi connectivity index (χ2v) is 4.28. The Morgan fingerprint density at radius 3 is 2.39 bits per heavy atom. The molecule has 3 N–H and O–H groups in total. The highest BCUT2D eigenvalue weighted by atomic mass is 16.4. The van der Waals surface area contributed by atoms with Gasteiger partial charge >= 0.3 is 5.97 Å². The van der Waals surface area contributed by atoms with Crippen LogP contribution in [0.4, 0.5) is 5.69 Å². The summed E-state index contributed by atoms with van der Waals surface area (Å²) in [6.07, 6.45) is 0. The molecule has 0 aliphatic heterocycles. The Balaban J connectivity index is 2.40. The van der Waals surface area contributed by atoms with Gasteiger partial charge in [-0.05, 0) is 23.3 Å². The fraction of sp³-hybridized carbons (Fsp3) is 0.133. The van der Waals surface area contributed by atoms with Crippen LogP contribution in [-0.2, 0) is 0 Å². The molecule has 0 aromatic heterocycles. The molecule has 18 heavy (non-hydrogen) atoms. The molecule has 2 rings (SSSR count). The van der Waals surface area contributed by atoms with Gasteiger partial charge in [-0.2, -0.15) is 0 Å². The summed E-state index contributed by atoms with van der Waals surface area (Å²) in [6.45, 7) is 2.05. The number of carboxylic acid groups (broad SMARTS) is 1. The van der Waals surface area contributed by atoms with E-state index < -0.39 is 5.97 Å². The van der Waals surface area contributed by atoms with Crippen LogP contribution in [-0.4, -0.2) is 11.1 Å². The van der Waals surface area contributed by atoms with E-state index in [2.05, 4.69) is 0 Å². The SMILES string of the molecule is CC(c1ccccc1)c1ccc(N)c(C(=O)O)c1. The maximum Gasteiger partial charge on any atom is 0.337 e. The van der Waals surface area contributed by atoms with E-state index in [9.17, 15) is 4.79 Å². The highest BCUT2D eigenvalue weighted by molar-refractivity contribution is 5.93. The highest BCUT2D eigenvalue weighted by Crippen LogP contribution is 2.26. The minimum Gasteiger partial charge on any atom is -0.478 e. The maximum absolute atomic E-state index is 11.1. The summed E-state index contributed by atoms with van der Waals surface area (Å²) < 4.78 is 0. The standard InChI is InChI=1S/C15H15NO2/c1-10(11-5-3-2-4-6-11)12-7-8-14(16)13(9-12)15(17)18/h2-10H,16H2,1H3,(H,17,18). The number of carbonyl (C=O) groups is 1. The lowest BCUT2D eigenvalue weighted by molar-refractivity contribution is 0.0698. The predicted molar refractivity (Wildman–Crippen MR) is 71.8 cm³/mol. The van der Waals surface area contributed by atoms with Gasteiger partial charge in [0.15, 0.2) is 0 Å². The van der Waals surface area contributed by atoms with E-state index in [1.165, 1.54) is 0 Å². The van der Waals surface area contributed by atoms with E-state index in [1.807, 2.05) is 43.3 Å². The lowest BCUT2D eigenvalue weighted by atomic mass is 9.92. The van der Waals surface area contributed by atoms with Crippen molar-refractivity contribution in [1.82, 2.24) is 0 Å². The van der Waals surface area contributed by atoms with Crippen molar-refractivity contribution in [3.8, 4) is 0 Å². The average Bonchev–Trinajstić information content (AvgIpc) is 2.39. The van der Waals surface area contributed by atoms with Crippen molar-refractivity contribution in [3.05, 3.63) is 65.2 Å². The van der Waals surface area contributed by atoms with Crippen LogP contribution >= 0.6 is 0 Å². The molecule has 0 spiro atoms. The Kier molecular flexibility index (Phi) is 3.33. The zero-order valence-electron chi connectivity index (χ0n) is 10.1. The molecule has 0 aliphatic carbocycles. The Bertz CT molecular complexity index is 564. The molecule has 92 valence electrons. The number of anilines is 1. The summed E-state index contributed by atoms with van der Waals surface area (Å²) in [7, 11) is 0. The molecule has 0 saturated carbocycles. The Hall–Kier alpha value is -2.29. The molecule has 1 atom stereocenters. The van der Waals surface area contributed by atoms with Crippen molar-refractivity contribution < 1.29 is 9.90 Å². The van der Waals surface area contributed by atoms with E-state index in [0.717, 1.165) is 11.1 Å². The zero-order chi connectivity index (χ0) is 13.1. The zero-order valence-corrected chi connectivity index (χ0v) is 10.1. The third kappa shape index (κ3) is 2.35. The first-order valence-electron chi connectivity index (χ1n) is 5.77. The van der Waals surface area contributed by atoms with E-state index in [-0.39, 0.29) is 11.5 Å². The lowest BCUT2D eigenvalue weighted by Crippen LogP contribution is -2.05. The van der Waals surface area contributed by atoms with E-state index in [0.29, 0.717) is 5.69 Å². The van der Waals surface area contributed by atoms with E-state index in [4.69, 9.17) is 10.8 Å². The molecule has 0 saturated heterocycles. The summed E-state index contributed by atoms with van der Waals surface area (Å²) in [6, 6.07) is 15.1. The van der Waals surface area contributed by atoms with Gasteiger partial charge in [0.25, 0.3) is 0 Å². The van der Waals surface area contributed by atoms with E-state index in [1.54, 1.807) is 12.1 Å². The minimum atomic E-state index is -0.991. The van der Waals surface area contributed by atoms with E-state index >= 15 is 0 Å². The monoisotopic (exact) mass is 241 g/mol. The fourth-order valence-electron chi connectivity index (χ4n) is 1.96. The third-order valence-corrected chi connectivity index (χ3v) is 3.11. The number of carboxylic acids is 1. The first-order chi connectivity index (χ1) is 8.59. The molecule has 0 heterocycles. The molecular formula is C15H15NO2. The largest absolute Gasteiger partial charge is 0.478 e. The summed E-state index contributed by atoms with van der Waals surface area (Å²) in [4.78, 5) is 11.1. The molecule has 3 heteroatoms. The summed E-state index contributed by atoms with van der Waals surface area (Å²) in [5.41, 5.74) is 8.21. The maximum atomic E-state index is 11.1. The van der Waals surface area contributed by atoms with Gasteiger partial charge in [-0.25, -0.2) is 4.79 Å². The van der Waals surface area contributed by atoms with Crippen molar-refractivity contribution in [2.45, 2.75) is 12.8 Å². The molecule has 3 nitrogen and oxygen atoms in total. The van der Waals surface area contributed by atoms with Gasteiger partial charge in [-0.15, -0.1) is 0 Å². The topological polar surface area (TPSA) is 63.3 Å². The smallest absolute Gasteiger partial charge is 0.337 e. The van der Waals surface area contributed by atoms with Gasteiger partial charge < -0.3 is 10.8 Å². The molecular weight excluding hydrogens is 226 g/mol. The second-order valence-electron chi connectivity index (χ2n) is 4.28. The molecule has 2 aromatic rings. The van der Waals surface area contributed by atoms with Crippen LogP contribution in [0.3, 0.4) is 0 Å². The van der Waals surface area contributed by atoms with Gasteiger partial charge in [0.05, 0.1) is 5.56 Å². The number of benzene rings is 2. The second kappa shape index (κ2) is 4.92. The van der Waals surface area contributed by atoms with Crippen LogP contribution in [0.5, 0.6) is 0 Å². The van der Waals surface area contributed by atoms with Crippen molar-refractivity contribution in [3.63, 3.8) is 0 Å². The predicted octanol–water partition coefficient (Wildman–Crippen LogP) is 3.12. The average molecular weight is 241 g/mol. The number of rotatable bonds is 3. The van der Waals surface area contributed by atoms with Crippen molar-refractivity contribution >= 4 is 11.7 Å². The van der Waals surface area contributed by atoms with Crippen LogP contribution in [0.1, 0.15) is 34.3 Å². The number of nitrogen functional groups attached to an aromatic ring is 1. The minimum absolute atomic E-state index is 0.143. The van der Waals surface area contributed by atoms with Gasteiger partial charge in [0, 0.05) is 11.6 Å². The van der Waals surface area contributed by atoms with Gasteiger partial charge in [0.1, 0.15) is 0 Å². The summed E-state index contributed by atoms with van der Waals surface area (Å²) in [5.74, 6) is -0.848. The Morgan fingerprint density at radius 1 is 1.11 bits per heavy atom. The van der Waals surface area contributed by atoms with Crippen molar-refractivity contribution in [2.75, 3.05) is 5.73 Å². The number of hydrogen-bond donors (Lipinski definition) is 2. The van der Waals surface area contributed by atoms with Crippen LogP contribution in [0, 0.1) is 0 Å². The molecule has 0 aliphatic rings. The lowest BCUT2D eigenvalue weighted by Gasteiger charge is -2.13. The molecule has 0 radical (unpaired) electrons. The summed E-state index contributed by atoms with van der Waals surface area (Å²) >= 11 is 0. The summed E-state index contributed by atoms with van der Waals surface area (Å²) in [5, 5.41) is 9.06. The van der Waals surface area contributed by atoms with Crippen LogP contribution in [0.25, 0.3) is 0 Å². The number of hydrogen-bond acceptors (Lipinski definition) is 2. The first kappa shape index (κ1) is 12.2. The molecule has 0 amide bonds. The Morgan fingerprint density at radius 2 is 1.78 bits per heavy atom. The molecule has 0 bridgehead atoms. The van der Waals surface area contributed by atoms with Gasteiger partial charge in [-0.3, -0.25) is 0 Å². The molecule has 1 unspecified atom stereocenters. The van der Waals surface area contributed by atoms with Crippen LogP contribution < -0.4 is 5.73 Å². The fourth-order valence-corrected chi connectivity index (χ4v) is 1.96. The van der Waals surface area contributed by atoms with Gasteiger partial charge in [0.2, 0.25) is 0 Å². The van der Waals surface area contributed by atoms with Crippen molar-refractivity contribution in [2.24, 2.45) is 0 Å². The quantitative estimate of drug-likeness (QED) is 0.811. The highest BCUT2D eigenvalue weighted by Gasteiger charge is 2.13. The first-order valence-corrected chi connectivity index (χ1v) is 5.77. The number of nitrogens with two attached hydrogens (primary N) is 1. The van der Waals surface area contributed by atoms with Crippen LogP contribution in [0.15, 0.2) is 48.5 Å². The molecule has 2 aromatic carbocycles.